The van der Waals surface area contributed by atoms with Gasteiger partial charge in [-0.25, -0.2) is 0 Å². The van der Waals surface area contributed by atoms with Crippen LogP contribution in [0, 0.1) is 0 Å². The summed E-state index contributed by atoms with van der Waals surface area (Å²) in [6, 6.07) is 33.0. The van der Waals surface area contributed by atoms with Crippen LogP contribution in [0.4, 0.5) is 45.5 Å². The van der Waals surface area contributed by atoms with E-state index in [0.717, 1.165) is 23.9 Å². The van der Waals surface area contributed by atoms with Crippen molar-refractivity contribution >= 4 is 97.4 Å². The number of azo groups is 3. The highest BCUT2D eigenvalue weighted by atomic mass is 32.2. The van der Waals surface area contributed by atoms with Gasteiger partial charge in [-0.3, -0.25) is 13.7 Å². The number of benzene rings is 7. The van der Waals surface area contributed by atoms with Crippen LogP contribution in [0.3, 0.4) is 0 Å². The van der Waals surface area contributed by atoms with Gasteiger partial charge in [0.1, 0.15) is 10.6 Å². The zero-order chi connectivity index (χ0) is 41.2. The maximum atomic E-state index is 12.6. The molecule has 0 saturated heterocycles. The highest BCUT2D eigenvalue weighted by Crippen LogP contribution is 2.43. The van der Waals surface area contributed by atoms with Crippen LogP contribution in [0.1, 0.15) is 0 Å². The molecule has 0 radical (unpaired) electrons. The maximum absolute atomic E-state index is 12.6. The largest absolute Gasteiger partial charge is 0.505 e. The number of nitrogens with one attached hydrogen (secondary N) is 1. The second-order valence-electron chi connectivity index (χ2n) is 12.3. The third-order valence-corrected chi connectivity index (χ3v) is 11.0. The van der Waals surface area contributed by atoms with E-state index in [2.05, 4.69) is 36.0 Å². The summed E-state index contributed by atoms with van der Waals surface area (Å²) in [6.07, 6.45) is 0. The molecule has 0 bridgehead atoms. The number of rotatable bonds is 11. The SMILES string of the molecule is O=S(=O)(O)c1ccc(N=Nc2ccc(N=Nc3ccc(N=Nc4c(S(=O)(=O)O)cc5cc(Nc6ccccc6)ccc5c4O)c4cc(S(=O)(=O)O)ccc34)cc2)cc1. The Balaban J connectivity index is 1.20. The molecule has 0 heterocycles. The minimum atomic E-state index is -4.97. The first-order valence-corrected chi connectivity index (χ1v) is 20.9. The molecule has 20 heteroatoms. The fourth-order valence-corrected chi connectivity index (χ4v) is 7.29. The summed E-state index contributed by atoms with van der Waals surface area (Å²) in [7, 11) is -14.0. The minimum Gasteiger partial charge on any atom is -0.505 e. The zero-order valence-corrected chi connectivity index (χ0v) is 31.8. The van der Waals surface area contributed by atoms with Crippen molar-refractivity contribution in [1.82, 2.24) is 0 Å². The van der Waals surface area contributed by atoms with E-state index in [-0.39, 0.29) is 32.4 Å². The molecule has 17 nitrogen and oxygen atoms in total. The minimum absolute atomic E-state index is 0.0232. The third kappa shape index (κ3) is 8.92. The predicted molar refractivity (Wildman–Crippen MR) is 214 cm³/mol. The molecule has 0 aliphatic heterocycles. The average Bonchev–Trinajstić information content (AvgIpc) is 3.18. The molecule has 0 amide bonds. The van der Waals surface area contributed by atoms with Gasteiger partial charge in [0.2, 0.25) is 0 Å². The monoisotopic (exact) mass is 837 g/mol. The van der Waals surface area contributed by atoms with Crippen molar-refractivity contribution in [3.05, 3.63) is 133 Å². The number of hydrogen-bond donors (Lipinski definition) is 5. The third-order valence-electron chi connectivity index (χ3n) is 8.43. The van der Waals surface area contributed by atoms with E-state index in [4.69, 9.17) is 4.55 Å². The fraction of sp³-hybridized carbons (Fsp3) is 0. The van der Waals surface area contributed by atoms with Gasteiger partial charge in [-0.05, 0) is 115 Å². The van der Waals surface area contributed by atoms with Crippen LogP contribution in [0.25, 0.3) is 21.5 Å². The number of para-hydroxylation sites is 1. The van der Waals surface area contributed by atoms with E-state index in [1.807, 2.05) is 30.3 Å². The normalized spacial score (nSPS) is 12.7. The highest BCUT2D eigenvalue weighted by molar-refractivity contribution is 7.86. The van der Waals surface area contributed by atoms with E-state index < -0.39 is 51.6 Å². The lowest BCUT2D eigenvalue weighted by Crippen LogP contribution is -1.99. The molecule has 292 valence electrons. The van der Waals surface area contributed by atoms with Gasteiger partial charge in [-0.1, -0.05) is 24.3 Å². The van der Waals surface area contributed by atoms with Crippen LogP contribution in [0.2, 0.25) is 0 Å². The molecule has 0 saturated carbocycles. The first-order chi connectivity index (χ1) is 27.5. The van der Waals surface area contributed by atoms with Crippen LogP contribution >= 0.6 is 0 Å². The Kier molecular flexibility index (Phi) is 10.6. The molecule has 0 atom stereocenters. The van der Waals surface area contributed by atoms with Gasteiger partial charge in [-0.2, -0.15) is 40.6 Å². The standard InChI is InChI=1S/C38H27N7O10S3/c46-38-31-16-12-28(39-24-4-2-1-3-5-24)20-23(31)21-36(58(53,54)55)37(38)45-44-35-19-18-34(32-17-15-30(22-33(32)35)57(50,51)52)43-42-26-8-6-25(7-9-26)40-41-27-10-13-29(14-11-27)56(47,48)49/h1-22,39,46H,(H,47,48,49)(H,50,51,52)(H,53,54,55). The van der Waals surface area contributed by atoms with Gasteiger partial charge in [0.15, 0.2) is 5.75 Å². The molecular formula is C38H27N7O10S3. The van der Waals surface area contributed by atoms with Gasteiger partial charge < -0.3 is 10.4 Å². The van der Waals surface area contributed by atoms with Gasteiger partial charge >= 0.3 is 0 Å². The second-order valence-corrected chi connectivity index (χ2v) is 16.6. The summed E-state index contributed by atoms with van der Waals surface area (Å²) < 4.78 is 101. The van der Waals surface area contributed by atoms with Gasteiger partial charge in [-0.15, -0.1) is 15.3 Å². The van der Waals surface area contributed by atoms with Crippen LogP contribution < -0.4 is 5.32 Å². The summed E-state index contributed by atoms with van der Waals surface area (Å²) in [4.78, 5) is -1.51. The van der Waals surface area contributed by atoms with Crippen LogP contribution in [0.5, 0.6) is 5.75 Å². The van der Waals surface area contributed by atoms with Gasteiger partial charge in [0.05, 0.1) is 38.2 Å². The molecule has 0 spiro atoms. The van der Waals surface area contributed by atoms with Crippen LogP contribution in [0.15, 0.2) is 179 Å². The zero-order valence-electron chi connectivity index (χ0n) is 29.3. The van der Waals surface area contributed by atoms with E-state index in [1.165, 1.54) is 48.5 Å². The van der Waals surface area contributed by atoms with Crippen LogP contribution in [-0.2, 0) is 30.4 Å². The molecule has 0 unspecified atom stereocenters. The number of phenolic OH excluding ortho intramolecular Hbond substituents is 1. The lowest BCUT2D eigenvalue weighted by molar-refractivity contribution is 0.472. The lowest BCUT2D eigenvalue weighted by Gasteiger charge is -2.12. The van der Waals surface area contributed by atoms with E-state index in [1.54, 1.807) is 36.4 Å². The fourth-order valence-electron chi connectivity index (χ4n) is 5.64. The number of fused-ring (bicyclic) bond motifs is 2. The van der Waals surface area contributed by atoms with E-state index in [0.29, 0.717) is 28.1 Å². The number of aromatic hydroxyl groups is 1. The molecular weight excluding hydrogens is 811 g/mol. The van der Waals surface area contributed by atoms with Crippen molar-refractivity contribution in [3.63, 3.8) is 0 Å². The number of anilines is 2. The number of phenols is 1. The Morgan fingerprint density at radius 1 is 0.431 bits per heavy atom. The smallest absolute Gasteiger partial charge is 0.296 e. The Morgan fingerprint density at radius 2 is 0.948 bits per heavy atom. The summed E-state index contributed by atoms with van der Waals surface area (Å²) in [6.45, 7) is 0. The quantitative estimate of drug-likeness (QED) is 0.0603. The van der Waals surface area contributed by atoms with Gasteiger partial charge in [0, 0.05) is 27.5 Å². The number of nitrogens with zero attached hydrogens (tertiary/aromatic N) is 6. The van der Waals surface area contributed by atoms with Crippen molar-refractivity contribution < 1.29 is 44.0 Å². The second kappa shape index (κ2) is 15.6. The first-order valence-electron chi connectivity index (χ1n) is 16.6. The van der Waals surface area contributed by atoms with Crippen molar-refractivity contribution in [2.75, 3.05) is 5.32 Å². The molecule has 0 aromatic heterocycles. The van der Waals surface area contributed by atoms with E-state index in [9.17, 15) is 39.5 Å². The van der Waals surface area contributed by atoms with Crippen LogP contribution in [-0.4, -0.2) is 44.0 Å². The van der Waals surface area contributed by atoms with E-state index >= 15 is 0 Å². The van der Waals surface area contributed by atoms with Crippen molar-refractivity contribution in [1.29, 1.82) is 0 Å². The summed E-state index contributed by atoms with van der Waals surface area (Å²) in [5.41, 5.74) is 2.10. The van der Waals surface area contributed by atoms with Gasteiger partial charge in [0.25, 0.3) is 30.4 Å². The summed E-state index contributed by atoms with van der Waals surface area (Å²) >= 11 is 0. The van der Waals surface area contributed by atoms with Crippen molar-refractivity contribution in [2.45, 2.75) is 14.7 Å². The lowest BCUT2D eigenvalue weighted by atomic mass is 10.1. The Labute approximate surface area is 330 Å². The highest BCUT2D eigenvalue weighted by Gasteiger charge is 2.23. The summed E-state index contributed by atoms with van der Waals surface area (Å²) in [5.74, 6) is -0.602. The maximum Gasteiger partial charge on any atom is 0.296 e. The van der Waals surface area contributed by atoms with Crippen molar-refractivity contribution in [2.24, 2.45) is 30.7 Å². The first kappa shape index (κ1) is 39.4. The molecule has 7 aromatic carbocycles. The van der Waals surface area contributed by atoms with Crippen molar-refractivity contribution in [3.8, 4) is 5.75 Å². The topological polar surface area (TPSA) is 270 Å². The molecule has 0 aliphatic rings. The Bertz CT molecular complexity index is 3160. The molecule has 0 aliphatic carbocycles. The summed E-state index contributed by atoms with van der Waals surface area (Å²) in [5, 5.41) is 40.1. The molecule has 5 N–H and O–H groups in total. The average molecular weight is 838 g/mol. The Hall–Kier alpha value is -6.81. The molecule has 58 heavy (non-hydrogen) atoms. The molecule has 7 aromatic rings. The Morgan fingerprint density at radius 3 is 1.53 bits per heavy atom. The number of hydrogen-bond acceptors (Lipinski definition) is 14. The molecule has 7 rings (SSSR count). The predicted octanol–water partition coefficient (Wildman–Crippen LogP) is 10.4. The molecule has 0 fully saturated rings.